The van der Waals surface area contributed by atoms with Crippen molar-refractivity contribution >= 4 is 5.97 Å². The monoisotopic (exact) mass is 508 g/mol. The van der Waals surface area contributed by atoms with Gasteiger partial charge in [-0.3, -0.25) is 0 Å². The zero-order valence-electron chi connectivity index (χ0n) is 21.3. The lowest BCUT2D eigenvalue weighted by Crippen LogP contribution is -2.31. The summed E-state index contributed by atoms with van der Waals surface area (Å²) in [7, 11) is 0. The molecule has 0 fully saturated rings. The summed E-state index contributed by atoms with van der Waals surface area (Å²) in [6.45, 7) is 4.95. The van der Waals surface area contributed by atoms with Gasteiger partial charge >= 0.3 is 5.97 Å². The van der Waals surface area contributed by atoms with E-state index >= 15 is 0 Å². The Kier molecular flexibility index (Phi) is 8.54. The molecule has 1 heterocycles. The van der Waals surface area contributed by atoms with E-state index in [1.807, 2.05) is 25.1 Å². The van der Waals surface area contributed by atoms with Crippen molar-refractivity contribution in [3.05, 3.63) is 71.0 Å². The third-order valence-corrected chi connectivity index (χ3v) is 6.48. The molecule has 0 radical (unpaired) electrons. The van der Waals surface area contributed by atoms with Crippen LogP contribution in [-0.2, 0) is 24.1 Å². The molecule has 1 atom stereocenters. The Morgan fingerprint density at radius 2 is 1.81 bits per heavy atom. The minimum atomic E-state index is -0.932. The number of phenols is 1. The number of hydrogen-bond acceptors (Lipinski definition) is 5. The van der Waals surface area contributed by atoms with Crippen LogP contribution in [0.15, 0.2) is 48.5 Å². The van der Waals surface area contributed by atoms with Crippen LogP contribution < -0.4 is 14.2 Å². The second-order valence-electron chi connectivity index (χ2n) is 9.19. The second-order valence-corrected chi connectivity index (χ2v) is 9.19. The SMILES string of the molecule is CCCc1cc(OCCCOc2cc(O)c(-c3ccc(F)cc3)cc2CC)cc2c1OC(C(=O)O)CC2. The lowest BCUT2D eigenvalue weighted by Gasteiger charge is -2.26. The molecule has 0 saturated heterocycles. The molecule has 6 nitrogen and oxygen atoms in total. The quantitative estimate of drug-likeness (QED) is 0.294. The number of aryl methyl sites for hydroxylation is 3. The van der Waals surface area contributed by atoms with Crippen molar-refractivity contribution in [3.8, 4) is 34.1 Å². The van der Waals surface area contributed by atoms with E-state index in [1.54, 1.807) is 18.2 Å². The third kappa shape index (κ3) is 6.34. The van der Waals surface area contributed by atoms with Crippen LogP contribution in [0.5, 0.6) is 23.0 Å². The van der Waals surface area contributed by atoms with Gasteiger partial charge in [0.15, 0.2) is 6.10 Å². The summed E-state index contributed by atoms with van der Waals surface area (Å²) in [6.07, 6.45) is 3.34. The van der Waals surface area contributed by atoms with Gasteiger partial charge in [0.25, 0.3) is 0 Å². The van der Waals surface area contributed by atoms with Gasteiger partial charge in [0.05, 0.1) is 13.2 Å². The Morgan fingerprint density at radius 3 is 2.51 bits per heavy atom. The summed E-state index contributed by atoms with van der Waals surface area (Å²) in [6, 6.07) is 13.4. The Morgan fingerprint density at radius 1 is 1.05 bits per heavy atom. The summed E-state index contributed by atoms with van der Waals surface area (Å²) in [4.78, 5) is 11.4. The van der Waals surface area contributed by atoms with Crippen LogP contribution in [0.25, 0.3) is 11.1 Å². The topological polar surface area (TPSA) is 85.2 Å². The fourth-order valence-electron chi connectivity index (χ4n) is 4.58. The van der Waals surface area contributed by atoms with Gasteiger partial charge in [-0.2, -0.15) is 0 Å². The van der Waals surface area contributed by atoms with Crippen LogP contribution in [0.4, 0.5) is 4.39 Å². The molecule has 4 rings (SSSR count). The van der Waals surface area contributed by atoms with Crippen LogP contribution in [0.3, 0.4) is 0 Å². The molecule has 37 heavy (non-hydrogen) atoms. The zero-order valence-corrected chi connectivity index (χ0v) is 21.3. The minimum absolute atomic E-state index is 0.0833. The highest BCUT2D eigenvalue weighted by Gasteiger charge is 2.28. The van der Waals surface area contributed by atoms with Gasteiger partial charge in [-0.15, -0.1) is 0 Å². The number of aromatic hydroxyl groups is 1. The number of ether oxygens (including phenoxy) is 3. The second kappa shape index (κ2) is 12.0. The molecule has 0 amide bonds. The van der Waals surface area contributed by atoms with Crippen LogP contribution in [0.1, 0.15) is 49.8 Å². The van der Waals surface area contributed by atoms with E-state index in [-0.39, 0.29) is 11.6 Å². The number of halogens is 1. The molecule has 0 saturated carbocycles. The number of carboxylic acid groups (broad SMARTS) is 1. The van der Waals surface area contributed by atoms with Crippen molar-refractivity contribution in [3.63, 3.8) is 0 Å². The summed E-state index contributed by atoms with van der Waals surface area (Å²) < 4.78 is 31.0. The lowest BCUT2D eigenvalue weighted by atomic mass is 9.96. The van der Waals surface area contributed by atoms with E-state index in [9.17, 15) is 19.4 Å². The highest BCUT2D eigenvalue weighted by Crippen LogP contribution is 2.37. The van der Waals surface area contributed by atoms with Crippen LogP contribution in [0.2, 0.25) is 0 Å². The molecule has 1 unspecified atom stereocenters. The van der Waals surface area contributed by atoms with E-state index in [0.717, 1.165) is 47.3 Å². The largest absolute Gasteiger partial charge is 0.507 e. The lowest BCUT2D eigenvalue weighted by molar-refractivity contribution is -0.145. The van der Waals surface area contributed by atoms with Crippen molar-refractivity contribution in [2.24, 2.45) is 0 Å². The Bertz CT molecular complexity index is 1240. The Balaban J connectivity index is 1.36. The predicted molar refractivity (Wildman–Crippen MR) is 139 cm³/mol. The highest BCUT2D eigenvalue weighted by molar-refractivity contribution is 5.74. The fourth-order valence-corrected chi connectivity index (χ4v) is 4.58. The number of hydrogen-bond donors (Lipinski definition) is 2. The van der Waals surface area contributed by atoms with E-state index in [2.05, 4.69) is 6.92 Å². The maximum atomic E-state index is 13.3. The number of carbonyl (C=O) groups is 1. The first kappa shape index (κ1) is 26.3. The van der Waals surface area contributed by atoms with E-state index in [1.165, 1.54) is 12.1 Å². The molecule has 3 aromatic rings. The van der Waals surface area contributed by atoms with E-state index < -0.39 is 12.1 Å². The third-order valence-electron chi connectivity index (χ3n) is 6.48. The molecule has 2 N–H and O–H groups in total. The van der Waals surface area contributed by atoms with Crippen LogP contribution >= 0.6 is 0 Å². The number of aliphatic carboxylic acids is 1. The molecular formula is C30H33FO6. The number of fused-ring (bicyclic) bond motifs is 1. The molecule has 196 valence electrons. The number of benzene rings is 3. The van der Waals surface area contributed by atoms with E-state index in [0.29, 0.717) is 49.5 Å². The van der Waals surface area contributed by atoms with Gasteiger partial charge in [-0.25, -0.2) is 9.18 Å². The van der Waals surface area contributed by atoms with Gasteiger partial charge in [-0.05, 0) is 78.3 Å². The van der Waals surface area contributed by atoms with Crippen molar-refractivity contribution < 1.29 is 33.6 Å². The summed E-state index contributed by atoms with van der Waals surface area (Å²) in [5.41, 5.74) is 4.29. The van der Waals surface area contributed by atoms with Crippen molar-refractivity contribution in [1.82, 2.24) is 0 Å². The molecular weight excluding hydrogens is 475 g/mol. The standard InChI is InChI=1S/C30H33FO6/c1-3-6-21-15-24(16-22-9-12-27(30(33)34)37-29(21)22)35-13-5-14-36-28-18-26(32)25(17-19(28)4-2)20-7-10-23(31)11-8-20/h7-8,10-11,15-18,27,32H,3-6,9,12-14H2,1-2H3,(H,33,34). The van der Waals surface area contributed by atoms with Gasteiger partial charge in [-0.1, -0.05) is 32.4 Å². The van der Waals surface area contributed by atoms with Crippen molar-refractivity contribution in [2.45, 2.75) is 58.5 Å². The Hall–Kier alpha value is -3.74. The average Bonchev–Trinajstić information content (AvgIpc) is 2.89. The first-order chi connectivity index (χ1) is 17.9. The average molecular weight is 509 g/mol. The normalized spacial score (nSPS) is 14.5. The summed E-state index contributed by atoms with van der Waals surface area (Å²) in [5, 5.41) is 19.9. The van der Waals surface area contributed by atoms with Gasteiger partial charge in [0.1, 0.15) is 28.8 Å². The molecule has 0 aromatic heterocycles. The van der Waals surface area contributed by atoms with Gasteiger partial charge in [0, 0.05) is 18.1 Å². The maximum Gasteiger partial charge on any atom is 0.344 e. The molecule has 0 bridgehead atoms. The van der Waals surface area contributed by atoms with Crippen molar-refractivity contribution in [2.75, 3.05) is 13.2 Å². The van der Waals surface area contributed by atoms with Crippen LogP contribution in [0, 0.1) is 5.82 Å². The fraction of sp³-hybridized carbons (Fsp3) is 0.367. The predicted octanol–water partition coefficient (Wildman–Crippen LogP) is 6.34. The highest BCUT2D eigenvalue weighted by atomic mass is 19.1. The van der Waals surface area contributed by atoms with Crippen molar-refractivity contribution in [1.29, 1.82) is 0 Å². The molecule has 0 aliphatic carbocycles. The first-order valence-corrected chi connectivity index (χ1v) is 12.8. The number of phenolic OH excluding ortho intramolecular Hbond substituents is 1. The zero-order chi connectivity index (χ0) is 26.4. The smallest absolute Gasteiger partial charge is 0.344 e. The molecule has 3 aromatic carbocycles. The molecule has 1 aliphatic rings. The minimum Gasteiger partial charge on any atom is -0.507 e. The maximum absolute atomic E-state index is 13.3. The molecule has 0 spiro atoms. The van der Waals surface area contributed by atoms with Crippen LogP contribution in [-0.4, -0.2) is 35.5 Å². The molecule has 1 aliphatic heterocycles. The van der Waals surface area contributed by atoms with Gasteiger partial charge in [0.2, 0.25) is 0 Å². The summed E-state index contributed by atoms with van der Waals surface area (Å²) >= 11 is 0. The Labute approximate surface area is 216 Å². The van der Waals surface area contributed by atoms with E-state index in [4.69, 9.17) is 14.2 Å². The molecule has 7 heteroatoms. The first-order valence-electron chi connectivity index (χ1n) is 12.8. The van der Waals surface area contributed by atoms with Gasteiger partial charge < -0.3 is 24.4 Å². The number of carboxylic acids is 1. The number of rotatable bonds is 11. The summed E-state index contributed by atoms with van der Waals surface area (Å²) in [5.74, 6) is 0.883.